The molecule has 2 rings (SSSR count). The standard InChI is InChI=1S/C9H17NO.C2H6/c1-8-6-10(2)7-9(11-8)4-3-5-9;1-2/h8H,3-7H2,1-2H3;1-2H3. The summed E-state index contributed by atoms with van der Waals surface area (Å²) in [7, 11) is 2.19. The molecule has 0 aromatic carbocycles. The molecule has 0 radical (unpaired) electrons. The van der Waals surface area contributed by atoms with Crippen molar-refractivity contribution in [1.82, 2.24) is 4.90 Å². The quantitative estimate of drug-likeness (QED) is 0.574. The van der Waals surface area contributed by atoms with Crippen LogP contribution in [0.4, 0.5) is 0 Å². The highest BCUT2D eigenvalue weighted by atomic mass is 16.5. The minimum atomic E-state index is 0.270. The van der Waals surface area contributed by atoms with Crippen molar-refractivity contribution in [1.29, 1.82) is 0 Å². The fraction of sp³-hybridized carbons (Fsp3) is 1.00. The van der Waals surface area contributed by atoms with Crippen molar-refractivity contribution in [3.05, 3.63) is 0 Å². The monoisotopic (exact) mass is 185 g/mol. The summed E-state index contributed by atoms with van der Waals surface area (Å²) in [6.07, 6.45) is 4.36. The van der Waals surface area contributed by atoms with Gasteiger partial charge in [-0.25, -0.2) is 0 Å². The minimum Gasteiger partial charge on any atom is -0.369 e. The zero-order valence-corrected chi connectivity index (χ0v) is 9.47. The van der Waals surface area contributed by atoms with Gasteiger partial charge in [0.2, 0.25) is 0 Å². The summed E-state index contributed by atoms with van der Waals surface area (Å²) < 4.78 is 5.94. The van der Waals surface area contributed by atoms with E-state index in [2.05, 4.69) is 18.9 Å². The van der Waals surface area contributed by atoms with Gasteiger partial charge in [0, 0.05) is 13.1 Å². The smallest absolute Gasteiger partial charge is 0.0813 e. The van der Waals surface area contributed by atoms with Crippen LogP contribution in [-0.4, -0.2) is 36.7 Å². The van der Waals surface area contributed by atoms with Crippen molar-refractivity contribution in [3.63, 3.8) is 0 Å². The fourth-order valence-corrected chi connectivity index (χ4v) is 2.34. The minimum absolute atomic E-state index is 0.270. The third-order valence-corrected chi connectivity index (χ3v) is 2.84. The molecule has 0 amide bonds. The Kier molecular flexibility index (Phi) is 3.74. The SMILES string of the molecule is CC.CC1CN(C)CC2(CCC2)O1. The lowest BCUT2D eigenvalue weighted by atomic mass is 9.78. The van der Waals surface area contributed by atoms with Crippen LogP contribution in [-0.2, 0) is 4.74 Å². The van der Waals surface area contributed by atoms with Gasteiger partial charge in [-0.15, -0.1) is 0 Å². The van der Waals surface area contributed by atoms with Crippen LogP contribution in [0.2, 0.25) is 0 Å². The maximum absolute atomic E-state index is 5.94. The van der Waals surface area contributed by atoms with E-state index in [9.17, 15) is 0 Å². The summed E-state index contributed by atoms with van der Waals surface area (Å²) in [5, 5.41) is 0. The van der Waals surface area contributed by atoms with Gasteiger partial charge in [-0.3, -0.25) is 0 Å². The van der Waals surface area contributed by atoms with Gasteiger partial charge in [0.05, 0.1) is 11.7 Å². The zero-order chi connectivity index (χ0) is 9.90. The predicted molar refractivity (Wildman–Crippen MR) is 56.0 cm³/mol. The molecule has 13 heavy (non-hydrogen) atoms. The molecule has 0 aromatic rings. The molecular weight excluding hydrogens is 162 g/mol. The van der Waals surface area contributed by atoms with Crippen molar-refractivity contribution < 1.29 is 4.74 Å². The van der Waals surface area contributed by atoms with Crippen LogP contribution in [0.25, 0.3) is 0 Å². The molecule has 1 atom stereocenters. The summed E-state index contributed by atoms with van der Waals surface area (Å²) in [4.78, 5) is 2.40. The van der Waals surface area contributed by atoms with Gasteiger partial charge in [-0.1, -0.05) is 13.8 Å². The first-order valence-electron chi connectivity index (χ1n) is 5.57. The lowest BCUT2D eigenvalue weighted by Gasteiger charge is -2.49. The van der Waals surface area contributed by atoms with Gasteiger partial charge in [-0.05, 0) is 33.2 Å². The number of hydrogen-bond donors (Lipinski definition) is 0. The molecule has 1 saturated carbocycles. The van der Waals surface area contributed by atoms with E-state index in [4.69, 9.17) is 4.74 Å². The van der Waals surface area contributed by atoms with Crippen LogP contribution in [0.1, 0.15) is 40.0 Å². The average molecular weight is 185 g/mol. The first kappa shape index (κ1) is 11.0. The Bertz CT molecular complexity index is 142. The van der Waals surface area contributed by atoms with Crippen molar-refractivity contribution >= 4 is 0 Å². The molecular formula is C11H23NO. The lowest BCUT2D eigenvalue weighted by molar-refractivity contribution is -0.180. The molecule has 1 unspecified atom stereocenters. The van der Waals surface area contributed by atoms with Crippen molar-refractivity contribution in [2.24, 2.45) is 0 Å². The Balaban J connectivity index is 0.000000396. The van der Waals surface area contributed by atoms with Crippen LogP contribution >= 0.6 is 0 Å². The Morgan fingerprint density at radius 1 is 1.31 bits per heavy atom. The fourth-order valence-electron chi connectivity index (χ4n) is 2.34. The molecule has 0 N–H and O–H groups in total. The topological polar surface area (TPSA) is 12.5 Å². The van der Waals surface area contributed by atoms with Crippen molar-refractivity contribution in [2.45, 2.75) is 51.7 Å². The number of ether oxygens (including phenoxy) is 1. The largest absolute Gasteiger partial charge is 0.369 e. The second kappa shape index (κ2) is 4.43. The maximum Gasteiger partial charge on any atom is 0.0813 e. The highest BCUT2D eigenvalue weighted by molar-refractivity contribution is 4.95. The van der Waals surface area contributed by atoms with Gasteiger partial charge >= 0.3 is 0 Å². The average Bonchev–Trinajstić information content (AvgIpc) is 2.04. The highest BCUT2D eigenvalue weighted by Gasteiger charge is 2.43. The van der Waals surface area contributed by atoms with E-state index >= 15 is 0 Å². The Hall–Kier alpha value is -0.0800. The second-order valence-corrected chi connectivity index (χ2v) is 4.16. The van der Waals surface area contributed by atoms with Gasteiger partial charge in [-0.2, -0.15) is 0 Å². The van der Waals surface area contributed by atoms with Gasteiger partial charge in [0.25, 0.3) is 0 Å². The van der Waals surface area contributed by atoms with Crippen LogP contribution in [0.5, 0.6) is 0 Å². The number of likely N-dealkylation sites (N-methyl/N-ethyl adjacent to an activating group) is 1. The van der Waals surface area contributed by atoms with Gasteiger partial charge < -0.3 is 9.64 Å². The number of morpholine rings is 1. The molecule has 2 aliphatic rings. The summed E-state index contributed by atoms with van der Waals surface area (Å²) in [6, 6.07) is 0. The summed E-state index contributed by atoms with van der Waals surface area (Å²) in [5.41, 5.74) is 0.270. The normalized spacial score (nSPS) is 31.8. The van der Waals surface area contributed by atoms with Crippen LogP contribution in [0.15, 0.2) is 0 Å². The molecule has 0 bridgehead atoms. The number of nitrogens with zero attached hydrogens (tertiary/aromatic N) is 1. The van der Waals surface area contributed by atoms with E-state index < -0.39 is 0 Å². The maximum atomic E-state index is 5.94. The molecule has 2 fully saturated rings. The van der Waals surface area contributed by atoms with E-state index in [0.29, 0.717) is 6.10 Å². The molecule has 2 nitrogen and oxygen atoms in total. The van der Waals surface area contributed by atoms with E-state index in [0.717, 1.165) is 13.1 Å². The first-order chi connectivity index (χ1) is 6.20. The Morgan fingerprint density at radius 2 is 1.92 bits per heavy atom. The molecule has 2 heteroatoms. The van der Waals surface area contributed by atoms with Crippen molar-refractivity contribution in [3.8, 4) is 0 Å². The zero-order valence-electron chi connectivity index (χ0n) is 9.47. The molecule has 1 spiro atoms. The third-order valence-electron chi connectivity index (χ3n) is 2.84. The summed E-state index contributed by atoms with van der Waals surface area (Å²) in [6.45, 7) is 8.43. The van der Waals surface area contributed by atoms with Gasteiger partial charge in [0.15, 0.2) is 0 Å². The first-order valence-corrected chi connectivity index (χ1v) is 5.57. The van der Waals surface area contributed by atoms with E-state index in [-0.39, 0.29) is 5.60 Å². The third kappa shape index (κ3) is 2.44. The molecule has 1 aliphatic heterocycles. The van der Waals surface area contributed by atoms with Crippen LogP contribution in [0.3, 0.4) is 0 Å². The molecule has 0 aromatic heterocycles. The predicted octanol–water partition coefficient (Wildman–Crippen LogP) is 2.29. The van der Waals surface area contributed by atoms with E-state index in [1.165, 1.54) is 19.3 Å². The highest BCUT2D eigenvalue weighted by Crippen LogP contribution is 2.39. The summed E-state index contributed by atoms with van der Waals surface area (Å²) >= 11 is 0. The second-order valence-electron chi connectivity index (χ2n) is 4.16. The molecule has 1 heterocycles. The number of rotatable bonds is 0. The summed E-state index contributed by atoms with van der Waals surface area (Å²) in [5.74, 6) is 0. The molecule has 78 valence electrons. The van der Waals surface area contributed by atoms with Crippen LogP contribution in [0, 0.1) is 0 Å². The molecule has 1 aliphatic carbocycles. The van der Waals surface area contributed by atoms with E-state index in [1.54, 1.807) is 0 Å². The van der Waals surface area contributed by atoms with E-state index in [1.807, 2.05) is 13.8 Å². The number of hydrogen-bond acceptors (Lipinski definition) is 2. The lowest BCUT2D eigenvalue weighted by Crippen LogP contribution is -2.57. The van der Waals surface area contributed by atoms with Crippen molar-refractivity contribution in [2.75, 3.05) is 20.1 Å². The Morgan fingerprint density at radius 3 is 2.31 bits per heavy atom. The molecule has 1 saturated heterocycles. The van der Waals surface area contributed by atoms with Crippen LogP contribution < -0.4 is 0 Å². The van der Waals surface area contributed by atoms with Gasteiger partial charge in [0.1, 0.15) is 0 Å². The Labute approximate surface area is 82.3 Å².